The third kappa shape index (κ3) is 6.66. The Morgan fingerprint density at radius 2 is 1.59 bits per heavy atom. The third-order valence-electron chi connectivity index (χ3n) is 4.00. The molecule has 0 saturated heterocycles. The highest BCUT2D eigenvalue weighted by Gasteiger charge is 2.27. The number of benzene rings is 2. The van der Waals surface area contributed by atoms with Gasteiger partial charge < -0.3 is 16.4 Å². The molecule has 0 aliphatic rings. The first-order valence-corrected chi connectivity index (χ1v) is 8.36. The number of nitrogens with one attached hydrogen (secondary N) is 2. The first-order valence-electron chi connectivity index (χ1n) is 8.36. The van der Waals surface area contributed by atoms with Gasteiger partial charge >= 0.3 is 0 Å². The lowest BCUT2D eigenvalue weighted by molar-refractivity contribution is -0.119. The summed E-state index contributed by atoms with van der Waals surface area (Å²) in [5.74, 6) is -0.839. The Morgan fingerprint density at radius 1 is 1.04 bits per heavy atom. The van der Waals surface area contributed by atoms with Crippen molar-refractivity contribution in [3.8, 4) is 0 Å². The number of hydrogen-bond acceptors (Lipinski definition) is 3. The lowest BCUT2D eigenvalue weighted by Crippen LogP contribution is -2.45. The summed E-state index contributed by atoms with van der Waals surface area (Å²) in [6.07, 6.45) is 0. The monoisotopic (exact) mass is 393 g/mol. The Labute approximate surface area is 164 Å². The van der Waals surface area contributed by atoms with E-state index >= 15 is 0 Å². The highest BCUT2D eigenvalue weighted by Crippen LogP contribution is 2.19. The van der Waals surface area contributed by atoms with Crippen LogP contribution in [0.5, 0.6) is 0 Å². The summed E-state index contributed by atoms with van der Waals surface area (Å²) < 4.78 is 12.9. The van der Waals surface area contributed by atoms with Crippen LogP contribution in [-0.2, 0) is 11.3 Å². The molecule has 0 aromatic heterocycles. The Balaban J connectivity index is 0.00000364. The van der Waals surface area contributed by atoms with Gasteiger partial charge in [0.2, 0.25) is 5.91 Å². The van der Waals surface area contributed by atoms with Crippen molar-refractivity contribution in [2.45, 2.75) is 33.4 Å². The van der Waals surface area contributed by atoms with Crippen molar-refractivity contribution in [2.75, 3.05) is 5.32 Å². The van der Waals surface area contributed by atoms with Crippen LogP contribution in [0.15, 0.2) is 48.5 Å². The fraction of sp³-hybridized carbons (Fsp3) is 0.300. The van der Waals surface area contributed by atoms with Crippen LogP contribution in [0.4, 0.5) is 10.1 Å². The van der Waals surface area contributed by atoms with Crippen LogP contribution in [0.2, 0.25) is 0 Å². The molecule has 0 fully saturated rings. The van der Waals surface area contributed by atoms with E-state index in [2.05, 4.69) is 10.6 Å². The second kappa shape index (κ2) is 9.48. The van der Waals surface area contributed by atoms with Crippen LogP contribution in [0.1, 0.15) is 36.7 Å². The van der Waals surface area contributed by atoms with Crippen molar-refractivity contribution < 1.29 is 14.0 Å². The number of carbonyl (C=O) groups excluding carboxylic acids is 2. The molecule has 146 valence electrons. The molecule has 2 amide bonds. The van der Waals surface area contributed by atoms with Crippen molar-refractivity contribution >= 4 is 29.9 Å². The summed E-state index contributed by atoms with van der Waals surface area (Å²) in [7, 11) is 0. The number of nitrogens with two attached hydrogens (primary N) is 1. The van der Waals surface area contributed by atoms with Gasteiger partial charge in [0.25, 0.3) is 5.91 Å². The van der Waals surface area contributed by atoms with Crippen molar-refractivity contribution in [2.24, 2.45) is 11.1 Å². The predicted octanol–water partition coefficient (Wildman–Crippen LogP) is 3.49. The zero-order valence-electron chi connectivity index (χ0n) is 15.6. The molecule has 0 aliphatic carbocycles. The fourth-order valence-corrected chi connectivity index (χ4v) is 2.20. The quantitative estimate of drug-likeness (QED) is 0.727. The van der Waals surface area contributed by atoms with Crippen molar-refractivity contribution in [3.05, 3.63) is 65.5 Å². The zero-order chi connectivity index (χ0) is 19.3. The van der Waals surface area contributed by atoms with Crippen LogP contribution >= 0.6 is 12.4 Å². The summed E-state index contributed by atoms with van der Waals surface area (Å²) in [5.41, 5.74) is 7.42. The smallest absolute Gasteiger partial charge is 0.251 e. The van der Waals surface area contributed by atoms with Crippen molar-refractivity contribution in [1.82, 2.24) is 5.32 Å². The van der Waals surface area contributed by atoms with E-state index in [1.54, 1.807) is 36.4 Å². The minimum atomic E-state index is -0.638. The molecule has 2 rings (SSSR count). The third-order valence-corrected chi connectivity index (χ3v) is 4.00. The van der Waals surface area contributed by atoms with Crippen molar-refractivity contribution in [3.63, 3.8) is 0 Å². The summed E-state index contributed by atoms with van der Waals surface area (Å²) in [6.45, 7) is 5.99. The van der Waals surface area contributed by atoms with E-state index < -0.39 is 6.04 Å². The minimum absolute atomic E-state index is 0. The maximum Gasteiger partial charge on any atom is 0.251 e. The first kappa shape index (κ1) is 22.6. The zero-order valence-corrected chi connectivity index (χ0v) is 16.4. The second-order valence-electron chi connectivity index (χ2n) is 7.22. The van der Waals surface area contributed by atoms with E-state index in [-0.39, 0.29) is 35.5 Å². The number of halogens is 2. The molecule has 0 bridgehead atoms. The lowest BCUT2D eigenvalue weighted by Gasteiger charge is -2.25. The molecular formula is C20H25ClFN3O2. The number of anilines is 1. The Bertz CT molecular complexity index is 771. The van der Waals surface area contributed by atoms with Gasteiger partial charge in [-0.05, 0) is 47.4 Å². The van der Waals surface area contributed by atoms with E-state index in [0.29, 0.717) is 17.8 Å². The predicted molar refractivity (Wildman–Crippen MR) is 107 cm³/mol. The molecule has 27 heavy (non-hydrogen) atoms. The highest BCUT2D eigenvalue weighted by atomic mass is 35.5. The molecule has 0 unspecified atom stereocenters. The molecule has 0 saturated carbocycles. The topological polar surface area (TPSA) is 84.2 Å². The van der Waals surface area contributed by atoms with Gasteiger partial charge in [0.1, 0.15) is 5.82 Å². The van der Waals surface area contributed by atoms with Crippen LogP contribution in [0, 0.1) is 11.2 Å². The standard InChI is InChI=1S/C20H24FN3O2.ClH/c1-20(2,3)17(22)19(26)24-16-10-6-14(7-11-16)18(25)23-12-13-4-8-15(21)9-5-13;/h4-11,17H,12,22H2,1-3H3,(H,23,25)(H,24,26);1H/t17-;/m1./s1. The summed E-state index contributed by atoms with van der Waals surface area (Å²) in [4.78, 5) is 24.3. The normalized spacial score (nSPS) is 11.9. The van der Waals surface area contributed by atoms with Gasteiger partial charge in [0.05, 0.1) is 6.04 Å². The number of rotatable bonds is 5. The van der Waals surface area contributed by atoms with Gasteiger partial charge in [-0.25, -0.2) is 4.39 Å². The average Bonchev–Trinajstić information content (AvgIpc) is 2.60. The molecule has 0 radical (unpaired) electrons. The maximum absolute atomic E-state index is 12.9. The first-order chi connectivity index (χ1) is 12.2. The molecule has 5 nitrogen and oxygen atoms in total. The molecular weight excluding hydrogens is 369 g/mol. The van der Waals surface area contributed by atoms with Gasteiger partial charge in [0, 0.05) is 17.8 Å². The maximum atomic E-state index is 12.9. The second-order valence-corrected chi connectivity index (χ2v) is 7.22. The molecule has 0 spiro atoms. The average molecular weight is 394 g/mol. The van der Waals surface area contributed by atoms with Gasteiger partial charge in [-0.15, -0.1) is 12.4 Å². The minimum Gasteiger partial charge on any atom is -0.348 e. The molecule has 2 aromatic rings. The lowest BCUT2D eigenvalue weighted by atomic mass is 9.87. The Hall–Kier alpha value is -2.44. The molecule has 0 heterocycles. The molecule has 4 N–H and O–H groups in total. The van der Waals surface area contributed by atoms with Crippen LogP contribution in [-0.4, -0.2) is 17.9 Å². The number of hydrogen-bond donors (Lipinski definition) is 3. The van der Waals surface area contributed by atoms with Gasteiger partial charge in [-0.2, -0.15) is 0 Å². The fourth-order valence-electron chi connectivity index (χ4n) is 2.20. The van der Waals surface area contributed by atoms with E-state index in [4.69, 9.17) is 5.73 Å². The van der Waals surface area contributed by atoms with Crippen LogP contribution in [0.3, 0.4) is 0 Å². The van der Waals surface area contributed by atoms with E-state index in [0.717, 1.165) is 5.56 Å². The van der Waals surface area contributed by atoms with E-state index in [9.17, 15) is 14.0 Å². The van der Waals surface area contributed by atoms with Crippen molar-refractivity contribution in [1.29, 1.82) is 0 Å². The molecule has 0 aliphatic heterocycles. The van der Waals surface area contributed by atoms with E-state index in [1.165, 1.54) is 12.1 Å². The molecule has 1 atom stereocenters. The van der Waals surface area contributed by atoms with Gasteiger partial charge in [-0.1, -0.05) is 32.9 Å². The van der Waals surface area contributed by atoms with Gasteiger partial charge in [0.15, 0.2) is 0 Å². The number of carbonyl (C=O) groups is 2. The summed E-state index contributed by atoms with van der Waals surface area (Å²) in [5, 5.41) is 5.51. The largest absolute Gasteiger partial charge is 0.348 e. The highest BCUT2D eigenvalue weighted by molar-refractivity contribution is 5.97. The van der Waals surface area contributed by atoms with Gasteiger partial charge in [-0.3, -0.25) is 9.59 Å². The SMILES string of the molecule is CC(C)(C)[C@H](N)C(=O)Nc1ccc(C(=O)NCc2ccc(F)cc2)cc1.Cl. The molecule has 7 heteroatoms. The Kier molecular flexibility index (Phi) is 7.94. The molecule has 2 aromatic carbocycles. The van der Waals surface area contributed by atoms with E-state index in [1.807, 2.05) is 20.8 Å². The van der Waals surface area contributed by atoms with Crippen LogP contribution < -0.4 is 16.4 Å². The number of amides is 2. The van der Waals surface area contributed by atoms with Crippen LogP contribution in [0.25, 0.3) is 0 Å². The summed E-state index contributed by atoms with van der Waals surface area (Å²) in [6, 6.07) is 11.8. The summed E-state index contributed by atoms with van der Waals surface area (Å²) >= 11 is 0. The Morgan fingerprint density at radius 3 is 2.11 bits per heavy atom.